The van der Waals surface area contributed by atoms with Crippen molar-refractivity contribution >= 4 is 19.9 Å². The summed E-state index contributed by atoms with van der Waals surface area (Å²) in [5.74, 6) is 0. The van der Waals surface area contributed by atoms with Gasteiger partial charge in [0.05, 0.1) is 0 Å². The van der Waals surface area contributed by atoms with Gasteiger partial charge in [0.15, 0.2) is 0 Å². The van der Waals surface area contributed by atoms with Crippen molar-refractivity contribution in [3.05, 3.63) is 0 Å². The smallest absolute Gasteiger partial charge is 0.297 e. The Hall–Kier alpha value is 0.160. The molecule has 0 heterocycles. The number of likely N-dealkylation sites (N-methyl/N-ethyl adjacent to an activating group) is 1. The molecule has 6 heteroatoms. The van der Waals surface area contributed by atoms with Crippen LogP contribution in [0.1, 0.15) is 20.3 Å². The molecule has 0 aliphatic rings. The molecule has 1 N–H and O–H groups in total. The summed E-state index contributed by atoms with van der Waals surface area (Å²) >= 11 is 0. The first-order valence-corrected chi connectivity index (χ1v) is 6.72. The molecule has 0 spiro atoms. The lowest BCUT2D eigenvalue weighted by molar-refractivity contribution is 0.294. The van der Waals surface area contributed by atoms with Gasteiger partial charge in [-0.25, -0.2) is 4.72 Å². The third-order valence-corrected chi connectivity index (χ3v) is 2.57. The maximum absolute atomic E-state index is 10.5. The summed E-state index contributed by atoms with van der Waals surface area (Å²) in [6.45, 7) is 7.13. The number of hydrogen-bond acceptors (Lipinski definition) is 3. The molecule has 0 saturated heterocycles. The van der Waals surface area contributed by atoms with Crippen LogP contribution in [-0.2, 0) is 9.24 Å². The van der Waals surface area contributed by atoms with Crippen molar-refractivity contribution in [2.75, 3.05) is 26.2 Å². The van der Waals surface area contributed by atoms with Crippen LogP contribution in [0.3, 0.4) is 0 Å². The second kappa shape index (κ2) is 6.59. The van der Waals surface area contributed by atoms with Crippen molar-refractivity contribution in [1.82, 2.24) is 9.62 Å². The van der Waals surface area contributed by atoms with Crippen LogP contribution in [0.5, 0.6) is 0 Å². The molecule has 4 nitrogen and oxygen atoms in total. The molecule has 0 aromatic rings. The molecule has 0 aromatic heterocycles. The fraction of sp³-hybridized carbons (Fsp3) is 1.00. The summed E-state index contributed by atoms with van der Waals surface area (Å²) in [5, 5.41) is 0. The number of rotatable bonds is 7. The molecular weight excluding hydrogens is 212 g/mol. The van der Waals surface area contributed by atoms with Gasteiger partial charge in [0.2, 0.25) is 0 Å². The Kier molecular flexibility index (Phi) is 6.67. The molecule has 0 bridgehead atoms. The van der Waals surface area contributed by atoms with Gasteiger partial charge in [-0.3, -0.25) is 0 Å². The minimum atomic E-state index is -3.55. The predicted molar refractivity (Wildman–Crippen MR) is 55.2 cm³/mol. The van der Waals surface area contributed by atoms with Gasteiger partial charge >= 0.3 is 0 Å². The number of nitrogens with one attached hydrogen (secondary N) is 1. The van der Waals surface area contributed by atoms with Crippen molar-refractivity contribution in [2.45, 2.75) is 20.3 Å². The van der Waals surface area contributed by atoms with E-state index < -0.39 is 9.24 Å². The Bertz CT molecular complexity index is 219. The van der Waals surface area contributed by atoms with Crippen LogP contribution in [-0.4, -0.2) is 39.5 Å². The first-order valence-electron chi connectivity index (χ1n) is 4.41. The average molecular weight is 229 g/mol. The molecule has 0 rings (SSSR count). The normalized spacial score (nSPS) is 12.3. The Morgan fingerprint density at radius 1 is 1.31 bits per heavy atom. The second-order valence-corrected chi connectivity index (χ2v) is 5.15. The molecule has 0 aromatic carbocycles. The van der Waals surface area contributed by atoms with Crippen LogP contribution >= 0.6 is 10.7 Å². The monoisotopic (exact) mass is 228 g/mol. The standard InChI is InChI=1S/C7H17ClN2O2S/c1-3-6-10(4-2)7-5-9-13(8,11)12/h9H,3-7H2,1-2H3. The topological polar surface area (TPSA) is 49.4 Å². The fourth-order valence-electron chi connectivity index (χ4n) is 1.07. The van der Waals surface area contributed by atoms with Gasteiger partial charge in [0.1, 0.15) is 0 Å². The van der Waals surface area contributed by atoms with E-state index in [1.165, 1.54) is 0 Å². The number of nitrogens with zero attached hydrogens (tertiary/aromatic N) is 1. The first-order chi connectivity index (χ1) is 5.99. The van der Waals surface area contributed by atoms with Gasteiger partial charge in [-0.1, -0.05) is 13.8 Å². The fourth-order valence-corrected chi connectivity index (χ4v) is 1.64. The molecule has 0 aliphatic heterocycles. The summed E-state index contributed by atoms with van der Waals surface area (Å²) < 4.78 is 23.2. The lowest BCUT2D eigenvalue weighted by atomic mass is 10.4. The first kappa shape index (κ1) is 13.2. The van der Waals surface area contributed by atoms with E-state index in [1.54, 1.807) is 0 Å². The van der Waals surface area contributed by atoms with Gasteiger partial charge in [0.25, 0.3) is 9.24 Å². The van der Waals surface area contributed by atoms with Crippen molar-refractivity contribution in [3.8, 4) is 0 Å². The molecule has 0 radical (unpaired) electrons. The number of halogens is 1. The van der Waals surface area contributed by atoms with Crippen molar-refractivity contribution < 1.29 is 8.42 Å². The van der Waals surface area contributed by atoms with Gasteiger partial charge < -0.3 is 4.90 Å². The molecule has 80 valence electrons. The van der Waals surface area contributed by atoms with E-state index in [2.05, 4.69) is 16.5 Å². The van der Waals surface area contributed by atoms with E-state index in [1.807, 2.05) is 6.92 Å². The van der Waals surface area contributed by atoms with Crippen molar-refractivity contribution in [2.24, 2.45) is 0 Å². The third-order valence-electron chi connectivity index (χ3n) is 1.69. The Morgan fingerprint density at radius 2 is 1.92 bits per heavy atom. The summed E-state index contributed by atoms with van der Waals surface area (Å²) in [7, 11) is 1.43. The summed E-state index contributed by atoms with van der Waals surface area (Å²) in [4.78, 5) is 2.16. The van der Waals surface area contributed by atoms with E-state index >= 15 is 0 Å². The average Bonchev–Trinajstić information content (AvgIpc) is 2.01. The van der Waals surface area contributed by atoms with E-state index in [4.69, 9.17) is 10.7 Å². The van der Waals surface area contributed by atoms with Crippen LogP contribution in [0, 0.1) is 0 Å². The lowest BCUT2D eigenvalue weighted by Gasteiger charge is -2.18. The highest BCUT2D eigenvalue weighted by Crippen LogP contribution is 1.92. The second-order valence-electron chi connectivity index (χ2n) is 2.77. The zero-order chi connectivity index (χ0) is 10.3. The molecule has 0 amide bonds. The predicted octanol–water partition coefficient (Wildman–Crippen LogP) is 0.792. The van der Waals surface area contributed by atoms with Gasteiger partial charge in [-0.2, -0.15) is 8.42 Å². The van der Waals surface area contributed by atoms with Gasteiger partial charge in [-0.15, -0.1) is 0 Å². The number of hydrogen-bond donors (Lipinski definition) is 1. The highest BCUT2D eigenvalue weighted by molar-refractivity contribution is 8.12. The van der Waals surface area contributed by atoms with E-state index in [-0.39, 0.29) is 0 Å². The molecule has 0 aliphatic carbocycles. The summed E-state index contributed by atoms with van der Waals surface area (Å²) in [6.07, 6.45) is 1.07. The molecule has 0 fully saturated rings. The molecule has 0 unspecified atom stereocenters. The molecule has 13 heavy (non-hydrogen) atoms. The minimum Gasteiger partial charge on any atom is -0.302 e. The van der Waals surface area contributed by atoms with E-state index in [0.717, 1.165) is 19.5 Å². The van der Waals surface area contributed by atoms with Crippen LogP contribution in [0.4, 0.5) is 0 Å². The SMILES string of the molecule is CCCN(CC)CCNS(=O)(=O)Cl. The Morgan fingerprint density at radius 3 is 2.31 bits per heavy atom. The van der Waals surface area contributed by atoms with Crippen molar-refractivity contribution in [1.29, 1.82) is 0 Å². The highest BCUT2D eigenvalue weighted by Gasteiger charge is 2.04. The minimum absolute atomic E-state index is 0.375. The molecule has 0 saturated carbocycles. The van der Waals surface area contributed by atoms with Crippen LogP contribution in [0.15, 0.2) is 0 Å². The van der Waals surface area contributed by atoms with Crippen molar-refractivity contribution in [3.63, 3.8) is 0 Å². The lowest BCUT2D eigenvalue weighted by Crippen LogP contribution is -2.33. The zero-order valence-corrected chi connectivity index (χ0v) is 9.66. The Balaban J connectivity index is 3.61. The third kappa shape index (κ3) is 8.49. The zero-order valence-electron chi connectivity index (χ0n) is 8.09. The van der Waals surface area contributed by atoms with Gasteiger partial charge in [-0.05, 0) is 19.5 Å². The Labute approximate surface area is 84.8 Å². The van der Waals surface area contributed by atoms with E-state index in [0.29, 0.717) is 13.1 Å². The quantitative estimate of drug-likeness (QED) is 0.656. The molecular formula is C7H17ClN2O2S. The largest absolute Gasteiger partial charge is 0.302 e. The van der Waals surface area contributed by atoms with Crippen LogP contribution < -0.4 is 4.72 Å². The summed E-state index contributed by atoms with van der Waals surface area (Å²) in [5.41, 5.74) is 0. The van der Waals surface area contributed by atoms with Gasteiger partial charge in [0, 0.05) is 23.8 Å². The van der Waals surface area contributed by atoms with E-state index in [9.17, 15) is 8.42 Å². The maximum atomic E-state index is 10.5. The van der Waals surface area contributed by atoms with Crippen LogP contribution in [0.2, 0.25) is 0 Å². The summed E-state index contributed by atoms with van der Waals surface area (Å²) in [6, 6.07) is 0. The molecule has 0 atom stereocenters. The highest BCUT2D eigenvalue weighted by atomic mass is 35.7. The maximum Gasteiger partial charge on any atom is 0.297 e. The van der Waals surface area contributed by atoms with Crippen LogP contribution in [0.25, 0.3) is 0 Å².